The van der Waals surface area contributed by atoms with Crippen molar-refractivity contribution in [1.29, 1.82) is 0 Å². The minimum Gasteiger partial charge on any atom is -0.381 e. The molecule has 1 heterocycles. The Balaban J connectivity index is 1.78. The quantitative estimate of drug-likeness (QED) is 0.925. The lowest BCUT2D eigenvalue weighted by Crippen LogP contribution is -2.57. The molecule has 7 heteroatoms. The van der Waals surface area contributed by atoms with Gasteiger partial charge in [-0.2, -0.15) is 0 Å². The highest BCUT2D eigenvalue weighted by molar-refractivity contribution is 7.89. The first-order valence-corrected chi connectivity index (χ1v) is 8.84. The zero-order valence-electron chi connectivity index (χ0n) is 11.4. The molecule has 0 amide bonds. The third-order valence-electron chi connectivity index (χ3n) is 4.66. The molecular weight excluding hydrogens is 317 g/mol. The molecule has 116 valence electrons. The Bertz CT molecular complexity index is 644. The zero-order valence-corrected chi connectivity index (χ0v) is 13.0. The second kappa shape index (κ2) is 5.50. The zero-order chi connectivity index (χ0) is 15.1. The Morgan fingerprint density at radius 1 is 1.29 bits per heavy atom. The van der Waals surface area contributed by atoms with E-state index in [9.17, 15) is 12.8 Å². The van der Waals surface area contributed by atoms with Crippen molar-refractivity contribution < 1.29 is 17.5 Å². The maximum Gasteiger partial charge on any atom is 0.240 e. The number of benzene rings is 1. The molecule has 1 aromatic carbocycles. The molecule has 2 fully saturated rings. The number of hydrogen-bond acceptors (Lipinski definition) is 3. The lowest BCUT2D eigenvalue weighted by molar-refractivity contribution is -0.0483. The van der Waals surface area contributed by atoms with Gasteiger partial charge in [0.15, 0.2) is 0 Å². The first-order chi connectivity index (χ1) is 9.93. The predicted molar refractivity (Wildman–Crippen MR) is 77.2 cm³/mol. The second-order valence-corrected chi connectivity index (χ2v) is 7.88. The van der Waals surface area contributed by atoms with Crippen LogP contribution in [0.25, 0.3) is 0 Å². The van der Waals surface area contributed by atoms with E-state index in [4.69, 9.17) is 16.3 Å². The molecule has 0 bridgehead atoms. The van der Waals surface area contributed by atoms with Crippen LogP contribution in [0.15, 0.2) is 23.1 Å². The normalized spacial score (nSPS) is 24.8. The highest BCUT2D eigenvalue weighted by atomic mass is 35.5. The first kappa shape index (κ1) is 15.2. The van der Waals surface area contributed by atoms with Gasteiger partial charge in [-0.1, -0.05) is 11.6 Å². The molecule has 1 spiro atoms. The topological polar surface area (TPSA) is 55.4 Å². The maximum atomic E-state index is 13.2. The Morgan fingerprint density at radius 2 is 2.00 bits per heavy atom. The monoisotopic (exact) mass is 333 g/mol. The van der Waals surface area contributed by atoms with Gasteiger partial charge in [-0.05, 0) is 49.3 Å². The fourth-order valence-electron chi connectivity index (χ4n) is 3.16. The van der Waals surface area contributed by atoms with Crippen LogP contribution < -0.4 is 4.72 Å². The SMILES string of the molecule is O=S(=O)(NC1CCC12CCOCC2)c1ccc(F)c(Cl)c1. The fraction of sp³-hybridized carbons (Fsp3) is 0.571. The lowest BCUT2D eigenvalue weighted by Gasteiger charge is -2.51. The summed E-state index contributed by atoms with van der Waals surface area (Å²) in [6, 6.07) is 3.38. The predicted octanol–water partition coefficient (Wildman–Crippen LogP) is 2.72. The Morgan fingerprint density at radius 3 is 2.57 bits per heavy atom. The summed E-state index contributed by atoms with van der Waals surface area (Å²) in [4.78, 5) is 0.00279. The minimum absolute atomic E-state index is 0.00279. The van der Waals surface area contributed by atoms with Crippen molar-refractivity contribution in [3.05, 3.63) is 29.0 Å². The van der Waals surface area contributed by atoms with Crippen LogP contribution >= 0.6 is 11.6 Å². The fourth-order valence-corrected chi connectivity index (χ4v) is 4.80. The number of nitrogens with one attached hydrogen (secondary N) is 1. The van der Waals surface area contributed by atoms with E-state index in [1.54, 1.807) is 0 Å². The van der Waals surface area contributed by atoms with Crippen LogP contribution in [0.1, 0.15) is 25.7 Å². The molecule has 21 heavy (non-hydrogen) atoms. The highest BCUT2D eigenvalue weighted by Crippen LogP contribution is 2.49. The van der Waals surface area contributed by atoms with Gasteiger partial charge in [-0.15, -0.1) is 0 Å². The Kier molecular flexibility index (Phi) is 3.98. The summed E-state index contributed by atoms with van der Waals surface area (Å²) >= 11 is 5.66. The van der Waals surface area contributed by atoms with Gasteiger partial charge >= 0.3 is 0 Å². The number of halogens is 2. The van der Waals surface area contributed by atoms with Crippen molar-refractivity contribution in [3.63, 3.8) is 0 Å². The standard InChI is InChI=1S/C14H17ClFNO3S/c15-11-9-10(1-2-12(11)16)21(18,19)17-13-3-4-14(13)5-7-20-8-6-14/h1-2,9,13,17H,3-8H2. The number of rotatable bonds is 3. The summed E-state index contributed by atoms with van der Waals surface area (Å²) in [5.74, 6) is -0.625. The van der Waals surface area contributed by atoms with Gasteiger partial charge in [0.05, 0.1) is 9.92 Å². The van der Waals surface area contributed by atoms with Gasteiger partial charge < -0.3 is 4.74 Å². The van der Waals surface area contributed by atoms with Gasteiger partial charge in [0.25, 0.3) is 0 Å². The molecule has 1 aliphatic carbocycles. The number of hydrogen-bond donors (Lipinski definition) is 1. The van der Waals surface area contributed by atoms with Gasteiger partial charge in [0.2, 0.25) is 10.0 Å². The van der Waals surface area contributed by atoms with Crippen LogP contribution in [0.4, 0.5) is 4.39 Å². The van der Waals surface area contributed by atoms with Crippen LogP contribution in [-0.4, -0.2) is 27.7 Å². The molecule has 0 radical (unpaired) electrons. The molecule has 3 rings (SSSR count). The summed E-state index contributed by atoms with van der Waals surface area (Å²) in [6.07, 6.45) is 3.61. The van der Waals surface area contributed by atoms with Gasteiger partial charge in [0.1, 0.15) is 5.82 Å². The van der Waals surface area contributed by atoms with Crippen LogP contribution in [0, 0.1) is 11.2 Å². The minimum atomic E-state index is -3.68. The molecule has 0 aromatic heterocycles. The largest absolute Gasteiger partial charge is 0.381 e. The summed E-state index contributed by atoms with van der Waals surface area (Å²) in [5.41, 5.74) is 0.0230. The van der Waals surface area contributed by atoms with Gasteiger partial charge in [0, 0.05) is 19.3 Å². The van der Waals surface area contributed by atoms with Crippen molar-refractivity contribution in [2.45, 2.75) is 36.6 Å². The van der Waals surface area contributed by atoms with E-state index in [-0.39, 0.29) is 21.4 Å². The Labute approximate surface area is 128 Å². The molecule has 1 N–H and O–H groups in total. The smallest absolute Gasteiger partial charge is 0.240 e. The molecule has 1 saturated carbocycles. The van der Waals surface area contributed by atoms with E-state index < -0.39 is 15.8 Å². The van der Waals surface area contributed by atoms with Gasteiger partial charge in [-0.25, -0.2) is 17.5 Å². The average molecular weight is 334 g/mol. The average Bonchev–Trinajstić information content (AvgIpc) is 2.47. The van der Waals surface area contributed by atoms with Crippen molar-refractivity contribution in [1.82, 2.24) is 4.72 Å². The van der Waals surface area contributed by atoms with Crippen LogP contribution in [-0.2, 0) is 14.8 Å². The van der Waals surface area contributed by atoms with E-state index in [0.29, 0.717) is 13.2 Å². The number of ether oxygens (including phenoxy) is 1. The van der Waals surface area contributed by atoms with E-state index in [2.05, 4.69) is 4.72 Å². The lowest BCUT2D eigenvalue weighted by atomic mass is 9.60. The van der Waals surface area contributed by atoms with E-state index >= 15 is 0 Å². The number of sulfonamides is 1. The third kappa shape index (κ3) is 2.82. The van der Waals surface area contributed by atoms with Gasteiger partial charge in [-0.3, -0.25) is 0 Å². The Hall–Kier alpha value is -0.690. The third-order valence-corrected chi connectivity index (χ3v) is 6.42. The summed E-state index contributed by atoms with van der Waals surface area (Å²) < 4.78 is 46.1. The van der Waals surface area contributed by atoms with Crippen LogP contribution in [0.3, 0.4) is 0 Å². The van der Waals surface area contributed by atoms with Crippen LogP contribution in [0.5, 0.6) is 0 Å². The molecule has 4 nitrogen and oxygen atoms in total. The maximum absolute atomic E-state index is 13.2. The molecule has 1 atom stereocenters. The molecule has 1 aromatic rings. The molecule has 2 aliphatic rings. The van der Waals surface area contributed by atoms with E-state index in [1.807, 2.05) is 0 Å². The molecular formula is C14H17ClFNO3S. The van der Waals surface area contributed by atoms with E-state index in [1.165, 1.54) is 6.07 Å². The summed E-state index contributed by atoms with van der Waals surface area (Å²) in [7, 11) is -3.68. The van der Waals surface area contributed by atoms with Crippen LogP contribution in [0.2, 0.25) is 5.02 Å². The first-order valence-electron chi connectivity index (χ1n) is 6.98. The molecule has 1 aliphatic heterocycles. The molecule has 1 unspecified atom stereocenters. The van der Waals surface area contributed by atoms with Crippen molar-refractivity contribution >= 4 is 21.6 Å². The highest BCUT2D eigenvalue weighted by Gasteiger charge is 2.48. The second-order valence-electron chi connectivity index (χ2n) is 5.76. The molecule has 1 saturated heterocycles. The van der Waals surface area contributed by atoms with E-state index in [0.717, 1.165) is 37.8 Å². The van der Waals surface area contributed by atoms with Crippen molar-refractivity contribution in [3.8, 4) is 0 Å². The summed E-state index contributed by atoms with van der Waals surface area (Å²) in [6.45, 7) is 1.36. The van der Waals surface area contributed by atoms with Crippen molar-refractivity contribution in [2.24, 2.45) is 5.41 Å². The summed E-state index contributed by atoms with van der Waals surface area (Å²) in [5, 5.41) is -0.188. The van der Waals surface area contributed by atoms with Crippen molar-refractivity contribution in [2.75, 3.05) is 13.2 Å².